The van der Waals surface area contributed by atoms with Gasteiger partial charge in [0.1, 0.15) is 5.75 Å². The quantitative estimate of drug-likeness (QED) is 0.339. The van der Waals surface area contributed by atoms with Crippen molar-refractivity contribution in [2.75, 3.05) is 13.7 Å². The van der Waals surface area contributed by atoms with Crippen LogP contribution in [0, 0.1) is 0 Å². The third kappa shape index (κ3) is 8.10. The molecule has 0 bridgehead atoms. The van der Waals surface area contributed by atoms with E-state index < -0.39 is 0 Å². The second kappa shape index (κ2) is 11.6. The Morgan fingerprint density at radius 1 is 1.14 bits per heavy atom. The van der Waals surface area contributed by atoms with E-state index in [4.69, 9.17) is 4.74 Å². The molecule has 1 N–H and O–H groups in total. The van der Waals surface area contributed by atoms with Crippen molar-refractivity contribution in [3.05, 3.63) is 28.2 Å². The van der Waals surface area contributed by atoms with Gasteiger partial charge in [0.05, 0.1) is 17.3 Å². The molecule has 0 aliphatic heterocycles. The van der Waals surface area contributed by atoms with Crippen LogP contribution in [0.2, 0.25) is 0 Å². The Kier molecular flexibility index (Phi) is 9.96. The Morgan fingerprint density at radius 3 is 2.52 bits per heavy atom. The number of nitrogens with one attached hydrogen (secondary N) is 1. The Hall–Kier alpha value is -1.03. The van der Waals surface area contributed by atoms with Gasteiger partial charge in [0.15, 0.2) is 0 Å². The third-order valence-corrected chi connectivity index (χ3v) is 3.92. The van der Waals surface area contributed by atoms with Crippen molar-refractivity contribution in [1.82, 2.24) is 5.43 Å². The molecule has 0 aliphatic carbocycles. The molecule has 0 aromatic heterocycles. The Balaban J connectivity index is 2.21. The monoisotopic (exact) mass is 354 g/mol. The molecular formula is C17H27BrN2O. The van der Waals surface area contributed by atoms with Gasteiger partial charge in [-0.15, -0.1) is 0 Å². The molecule has 21 heavy (non-hydrogen) atoms. The fourth-order valence-corrected chi connectivity index (χ4v) is 2.61. The van der Waals surface area contributed by atoms with Crippen molar-refractivity contribution in [2.45, 2.75) is 51.9 Å². The molecule has 0 aliphatic rings. The van der Waals surface area contributed by atoms with Crippen LogP contribution in [0.25, 0.3) is 0 Å². The lowest BCUT2D eigenvalue weighted by Gasteiger charge is -2.08. The van der Waals surface area contributed by atoms with Crippen molar-refractivity contribution in [2.24, 2.45) is 5.10 Å². The van der Waals surface area contributed by atoms with E-state index in [1.807, 2.05) is 18.2 Å². The van der Waals surface area contributed by atoms with E-state index in [0.29, 0.717) is 0 Å². The van der Waals surface area contributed by atoms with Crippen molar-refractivity contribution in [3.8, 4) is 5.75 Å². The van der Waals surface area contributed by atoms with E-state index in [-0.39, 0.29) is 0 Å². The Bertz CT molecular complexity index is 421. The average molecular weight is 355 g/mol. The number of nitrogens with zero attached hydrogens (tertiary/aromatic N) is 1. The standard InChI is InChI=1S/C17H27BrN2O/c1-3-4-5-6-7-8-9-12-21-17-11-10-15(13-16(17)18)14-20-19-2/h10-11,13-14,19H,3-9,12H2,1-2H3/b20-14+. The molecule has 3 nitrogen and oxygen atoms in total. The lowest BCUT2D eigenvalue weighted by molar-refractivity contribution is 0.302. The zero-order chi connectivity index (χ0) is 15.3. The summed E-state index contributed by atoms with van der Waals surface area (Å²) >= 11 is 3.54. The number of ether oxygens (including phenoxy) is 1. The molecule has 1 rings (SSSR count). The summed E-state index contributed by atoms with van der Waals surface area (Å²) in [7, 11) is 1.78. The summed E-state index contributed by atoms with van der Waals surface area (Å²) in [6.45, 7) is 3.04. The van der Waals surface area contributed by atoms with Crippen molar-refractivity contribution >= 4 is 22.1 Å². The van der Waals surface area contributed by atoms with Crippen LogP contribution in [-0.2, 0) is 0 Å². The fraction of sp³-hybridized carbons (Fsp3) is 0.588. The van der Waals surface area contributed by atoms with Crippen LogP contribution in [-0.4, -0.2) is 19.9 Å². The molecule has 0 amide bonds. The maximum absolute atomic E-state index is 5.82. The number of hydrogen-bond donors (Lipinski definition) is 1. The highest BCUT2D eigenvalue weighted by molar-refractivity contribution is 9.10. The summed E-state index contributed by atoms with van der Waals surface area (Å²) in [6.07, 6.45) is 10.9. The summed E-state index contributed by atoms with van der Waals surface area (Å²) in [4.78, 5) is 0. The predicted molar refractivity (Wildman–Crippen MR) is 94.3 cm³/mol. The molecule has 1 aromatic rings. The van der Waals surface area contributed by atoms with Gasteiger partial charge in [-0.05, 0) is 46.1 Å². The molecule has 0 atom stereocenters. The van der Waals surface area contributed by atoms with Crippen LogP contribution in [0.3, 0.4) is 0 Å². The number of hydrazone groups is 1. The van der Waals surface area contributed by atoms with Gasteiger partial charge >= 0.3 is 0 Å². The molecule has 0 fully saturated rings. The first-order valence-electron chi connectivity index (χ1n) is 7.90. The molecule has 0 radical (unpaired) electrons. The van der Waals surface area contributed by atoms with Gasteiger partial charge in [0, 0.05) is 7.05 Å². The van der Waals surface area contributed by atoms with Gasteiger partial charge in [-0.1, -0.05) is 45.4 Å². The molecule has 0 heterocycles. The minimum absolute atomic E-state index is 0.788. The van der Waals surface area contributed by atoms with Crippen LogP contribution in [0.15, 0.2) is 27.8 Å². The van der Waals surface area contributed by atoms with E-state index >= 15 is 0 Å². The third-order valence-electron chi connectivity index (χ3n) is 3.30. The van der Waals surface area contributed by atoms with Crippen molar-refractivity contribution in [3.63, 3.8) is 0 Å². The van der Waals surface area contributed by atoms with Crippen LogP contribution in [0.4, 0.5) is 0 Å². The van der Waals surface area contributed by atoms with Crippen LogP contribution in [0.5, 0.6) is 5.75 Å². The second-order valence-electron chi connectivity index (χ2n) is 5.14. The van der Waals surface area contributed by atoms with Gasteiger partial charge < -0.3 is 10.2 Å². The summed E-state index contributed by atoms with van der Waals surface area (Å²) < 4.78 is 6.79. The molecule has 0 spiro atoms. The number of benzene rings is 1. The highest BCUT2D eigenvalue weighted by Crippen LogP contribution is 2.25. The highest BCUT2D eigenvalue weighted by Gasteiger charge is 2.01. The number of unbranched alkanes of at least 4 members (excludes halogenated alkanes) is 6. The second-order valence-corrected chi connectivity index (χ2v) is 6.00. The molecule has 0 saturated heterocycles. The highest BCUT2D eigenvalue weighted by atomic mass is 79.9. The molecule has 0 saturated carbocycles. The first-order valence-corrected chi connectivity index (χ1v) is 8.69. The van der Waals surface area contributed by atoms with Crippen LogP contribution in [0.1, 0.15) is 57.4 Å². The maximum atomic E-state index is 5.82. The van der Waals surface area contributed by atoms with Gasteiger partial charge in [-0.25, -0.2) is 0 Å². The molecule has 1 aromatic carbocycles. The van der Waals surface area contributed by atoms with E-state index in [1.165, 1.54) is 38.5 Å². The Labute approximate surface area is 137 Å². The SMILES string of the molecule is CCCCCCCCCOc1ccc(/C=N/NC)cc1Br. The minimum Gasteiger partial charge on any atom is -0.492 e. The summed E-state index contributed by atoms with van der Waals surface area (Å²) in [5.41, 5.74) is 3.78. The first kappa shape index (κ1) is 18.0. The smallest absolute Gasteiger partial charge is 0.133 e. The summed E-state index contributed by atoms with van der Waals surface area (Å²) in [6, 6.07) is 6.01. The number of halogens is 1. The maximum Gasteiger partial charge on any atom is 0.133 e. The lowest BCUT2D eigenvalue weighted by atomic mass is 10.1. The van der Waals surface area contributed by atoms with Crippen LogP contribution >= 0.6 is 15.9 Å². The molecular weight excluding hydrogens is 328 g/mol. The number of hydrogen-bond acceptors (Lipinski definition) is 3. The molecule has 118 valence electrons. The first-order chi connectivity index (χ1) is 10.3. The van der Waals surface area contributed by atoms with E-state index in [2.05, 4.69) is 33.4 Å². The van der Waals surface area contributed by atoms with E-state index in [9.17, 15) is 0 Å². The normalized spacial score (nSPS) is 11.0. The fourth-order valence-electron chi connectivity index (χ4n) is 2.09. The minimum atomic E-state index is 0.788. The van der Waals surface area contributed by atoms with Gasteiger partial charge in [0.25, 0.3) is 0 Å². The molecule has 4 heteroatoms. The lowest BCUT2D eigenvalue weighted by Crippen LogP contribution is -1.99. The van der Waals surface area contributed by atoms with Gasteiger partial charge in [-0.2, -0.15) is 5.10 Å². The summed E-state index contributed by atoms with van der Waals surface area (Å²) in [5, 5.41) is 3.99. The summed E-state index contributed by atoms with van der Waals surface area (Å²) in [5.74, 6) is 0.905. The predicted octanol–water partition coefficient (Wildman–Crippen LogP) is 5.13. The van der Waals surface area contributed by atoms with Crippen LogP contribution < -0.4 is 10.2 Å². The van der Waals surface area contributed by atoms with Crippen molar-refractivity contribution in [1.29, 1.82) is 0 Å². The van der Waals surface area contributed by atoms with Gasteiger partial charge in [0.2, 0.25) is 0 Å². The average Bonchev–Trinajstić information content (AvgIpc) is 2.49. The van der Waals surface area contributed by atoms with Gasteiger partial charge in [-0.3, -0.25) is 0 Å². The van der Waals surface area contributed by atoms with Crippen molar-refractivity contribution < 1.29 is 4.74 Å². The largest absolute Gasteiger partial charge is 0.492 e. The van der Waals surface area contributed by atoms with E-state index in [0.717, 1.165) is 28.8 Å². The zero-order valence-electron chi connectivity index (χ0n) is 13.2. The van der Waals surface area contributed by atoms with E-state index in [1.54, 1.807) is 13.3 Å². The molecule has 0 unspecified atom stereocenters. The zero-order valence-corrected chi connectivity index (χ0v) is 14.8. The number of rotatable bonds is 11. The Morgan fingerprint density at radius 2 is 1.86 bits per heavy atom. The topological polar surface area (TPSA) is 33.6 Å².